The lowest BCUT2D eigenvalue weighted by Gasteiger charge is -2.07. The van der Waals surface area contributed by atoms with Crippen molar-refractivity contribution in [3.8, 4) is 0 Å². The number of hydrogen-bond donors (Lipinski definition) is 1. The molecule has 2 aromatic rings. The van der Waals surface area contributed by atoms with Crippen molar-refractivity contribution in [3.05, 3.63) is 43.2 Å². The normalized spacial score (nSPS) is 10.4. The molecule has 2 rings (SSSR count). The Kier molecular flexibility index (Phi) is 5.32. The van der Waals surface area contributed by atoms with Crippen LogP contribution in [-0.4, -0.2) is 28.5 Å². The fourth-order valence-electron chi connectivity index (χ4n) is 1.90. The maximum absolute atomic E-state index is 12.1. The molecule has 0 unspecified atom stereocenters. The third-order valence-corrected chi connectivity index (χ3v) is 4.53. The second-order valence-electron chi connectivity index (χ2n) is 4.77. The molecule has 0 spiro atoms. The van der Waals surface area contributed by atoms with Crippen LogP contribution in [0.15, 0.2) is 21.5 Å². The summed E-state index contributed by atoms with van der Waals surface area (Å²) >= 11 is 4.19. The zero-order chi connectivity index (χ0) is 17.1. The highest BCUT2D eigenvalue weighted by Gasteiger charge is 2.17. The van der Waals surface area contributed by atoms with Crippen molar-refractivity contribution < 1.29 is 14.3 Å². The number of carbonyl (C=O) groups is 2. The van der Waals surface area contributed by atoms with Crippen molar-refractivity contribution >= 4 is 44.3 Å². The van der Waals surface area contributed by atoms with E-state index in [1.54, 1.807) is 19.2 Å². The molecule has 0 fully saturated rings. The second kappa shape index (κ2) is 7.05. The summed E-state index contributed by atoms with van der Waals surface area (Å²) in [7, 11) is 1.28. The minimum Gasteiger partial charge on any atom is -0.465 e. The number of amides is 1. The Morgan fingerprint density at radius 3 is 2.78 bits per heavy atom. The lowest BCUT2D eigenvalue weighted by molar-refractivity contribution is -0.116. The molecule has 0 saturated carbocycles. The number of anilines is 1. The Morgan fingerprint density at radius 2 is 2.13 bits per heavy atom. The maximum atomic E-state index is 12.1. The van der Waals surface area contributed by atoms with Gasteiger partial charge in [0.25, 0.3) is 5.56 Å². The number of nitrogens with zero attached hydrogens (tertiary/aromatic N) is 2. The van der Waals surface area contributed by atoms with Gasteiger partial charge in [-0.05, 0) is 41.4 Å². The second-order valence-corrected chi connectivity index (χ2v) is 6.63. The van der Waals surface area contributed by atoms with E-state index in [9.17, 15) is 14.4 Å². The first kappa shape index (κ1) is 17.4. The van der Waals surface area contributed by atoms with Crippen molar-refractivity contribution in [3.63, 3.8) is 0 Å². The number of aromatic nitrogens is 2. The molecule has 0 aliphatic heterocycles. The smallest absolute Gasteiger partial charge is 0.350 e. The third kappa shape index (κ3) is 4.05. The van der Waals surface area contributed by atoms with Gasteiger partial charge >= 0.3 is 5.97 Å². The molecule has 0 saturated heterocycles. The molecule has 2 heterocycles. The molecule has 23 heavy (non-hydrogen) atoms. The quantitative estimate of drug-likeness (QED) is 0.794. The molecule has 9 heteroatoms. The van der Waals surface area contributed by atoms with E-state index in [2.05, 4.69) is 31.0 Å². The Bertz CT molecular complexity index is 828. The minimum absolute atomic E-state index is 0.148. The van der Waals surface area contributed by atoms with Crippen molar-refractivity contribution in [2.24, 2.45) is 0 Å². The number of carbonyl (C=O) groups excluding carboxylic acids is 2. The summed E-state index contributed by atoms with van der Waals surface area (Å²) in [5, 5.41) is 2.87. The summed E-state index contributed by atoms with van der Waals surface area (Å²) in [5.74, 6) is -0.908. The average Bonchev–Trinajstić information content (AvgIpc) is 2.83. The largest absolute Gasteiger partial charge is 0.465 e. The van der Waals surface area contributed by atoms with Gasteiger partial charge in [0.15, 0.2) is 5.13 Å². The van der Waals surface area contributed by atoms with Crippen LogP contribution in [0.3, 0.4) is 0 Å². The molecule has 0 aliphatic rings. The van der Waals surface area contributed by atoms with E-state index >= 15 is 0 Å². The van der Waals surface area contributed by atoms with Crippen molar-refractivity contribution in [1.29, 1.82) is 0 Å². The first-order valence-corrected chi connectivity index (χ1v) is 8.15. The molecule has 1 amide bonds. The monoisotopic (exact) mass is 399 g/mol. The number of halogens is 1. The summed E-state index contributed by atoms with van der Waals surface area (Å²) < 4.78 is 6.34. The maximum Gasteiger partial charge on any atom is 0.350 e. The minimum atomic E-state index is -0.501. The molecule has 7 nitrogen and oxygen atoms in total. The lowest BCUT2D eigenvalue weighted by Crippen LogP contribution is -2.27. The van der Waals surface area contributed by atoms with Gasteiger partial charge in [0.05, 0.1) is 17.3 Å². The molecule has 1 N–H and O–H groups in total. The van der Waals surface area contributed by atoms with Gasteiger partial charge in [-0.25, -0.2) is 9.78 Å². The molecular formula is C14H14BrN3O4S. The van der Waals surface area contributed by atoms with Crippen molar-refractivity contribution in [2.45, 2.75) is 20.4 Å². The van der Waals surface area contributed by atoms with E-state index in [0.29, 0.717) is 15.0 Å². The molecule has 122 valence electrons. The molecular weight excluding hydrogens is 386 g/mol. The SMILES string of the molecule is COC(=O)c1sc(NC(=O)Cn2cc(C)cc(Br)c2=O)nc1C. The van der Waals surface area contributed by atoms with Crippen LogP contribution in [-0.2, 0) is 16.1 Å². The van der Waals surface area contributed by atoms with Crippen LogP contribution in [0.1, 0.15) is 20.9 Å². The fraction of sp³-hybridized carbons (Fsp3) is 0.286. The molecule has 0 atom stereocenters. The van der Waals surface area contributed by atoms with E-state index < -0.39 is 11.9 Å². The number of esters is 1. The van der Waals surface area contributed by atoms with E-state index in [-0.39, 0.29) is 17.2 Å². The summed E-state index contributed by atoms with van der Waals surface area (Å²) in [6, 6.07) is 1.68. The van der Waals surface area contributed by atoms with E-state index in [4.69, 9.17) is 0 Å². The van der Waals surface area contributed by atoms with Crippen LogP contribution in [0.4, 0.5) is 5.13 Å². The van der Waals surface area contributed by atoms with Crippen LogP contribution in [0, 0.1) is 13.8 Å². The van der Waals surface area contributed by atoms with Gasteiger partial charge in [-0.1, -0.05) is 11.3 Å². The lowest BCUT2D eigenvalue weighted by atomic mass is 10.3. The predicted molar refractivity (Wildman–Crippen MR) is 90.0 cm³/mol. The van der Waals surface area contributed by atoms with Gasteiger partial charge in [0.1, 0.15) is 11.4 Å². The number of methoxy groups -OCH3 is 1. The highest BCUT2D eigenvalue weighted by Crippen LogP contribution is 2.23. The average molecular weight is 400 g/mol. The number of ether oxygens (including phenoxy) is 1. The van der Waals surface area contributed by atoms with E-state index in [0.717, 1.165) is 16.9 Å². The fourth-order valence-corrected chi connectivity index (χ4v) is 3.39. The van der Waals surface area contributed by atoms with Crippen molar-refractivity contribution in [2.75, 3.05) is 12.4 Å². The van der Waals surface area contributed by atoms with E-state index in [1.807, 2.05) is 6.92 Å². The molecule has 2 aromatic heterocycles. The Hall–Kier alpha value is -2.00. The molecule has 0 bridgehead atoms. The molecule has 0 aromatic carbocycles. The summed E-state index contributed by atoms with van der Waals surface area (Å²) in [6.45, 7) is 3.33. The molecule has 0 aliphatic carbocycles. The third-order valence-electron chi connectivity index (χ3n) is 2.91. The Morgan fingerprint density at radius 1 is 1.43 bits per heavy atom. The summed E-state index contributed by atoms with van der Waals surface area (Å²) in [5.41, 5.74) is 1.03. The number of hydrogen-bond acceptors (Lipinski definition) is 6. The van der Waals surface area contributed by atoms with Crippen LogP contribution in [0.25, 0.3) is 0 Å². The van der Waals surface area contributed by atoms with Gasteiger partial charge in [-0.15, -0.1) is 0 Å². The zero-order valence-corrected chi connectivity index (χ0v) is 15.1. The highest BCUT2D eigenvalue weighted by atomic mass is 79.9. The van der Waals surface area contributed by atoms with Gasteiger partial charge in [0.2, 0.25) is 5.91 Å². The van der Waals surface area contributed by atoms with Crippen LogP contribution < -0.4 is 10.9 Å². The first-order chi connectivity index (χ1) is 10.8. The van der Waals surface area contributed by atoms with Crippen LogP contribution in [0.5, 0.6) is 0 Å². The zero-order valence-electron chi connectivity index (χ0n) is 12.7. The number of rotatable bonds is 4. The summed E-state index contributed by atoms with van der Waals surface area (Å²) in [4.78, 5) is 40.0. The standard InChI is InChI=1S/C14H14BrN3O4S/c1-7-4-9(15)12(20)18(5-7)6-10(19)17-14-16-8(2)11(23-14)13(21)22-3/h4-5H,6H2,1-3H3,(H,16,17,19). The topological polar surface area (TPSA) is 90.3 Å². The van der Waals surface area contributed by atoms with Gasteiger partial charge < -0.3 is 14.6 Å². The van der Waals surface area contributed by atoms with Gasteiger partial charge in [0, 0.05) is 6.20 Å². The van der Waals surface area contributed by atoms with Crippen LogP contribution in [0.2, 0.25) is 0 Å². The predicted octanol–water partition coefficient (Wildman–Crippen LogP) is 2.11. The van der Waals surface area contributed by atoms with Gasteiger partial charge in [-0.3, -0.25) is 9.59 Å². The number of aryl methyl sites for hydroxylation is 2. The molecule has 0 radical (unpaired) electrons. The van der Waals surface area contributed by atoms with Crippen molar-refractivity contribution in [1.82, 2.24) is 9.55 Å². The van der Waals surface area contributed by atoms with Crippen LogP contribution >= 0.6 is 27.3 Å². The number of nitrogens with one attached hydrogen (secondary N) is 1. The first-order valence-electron chi connectivity index (χ1n) is 6.54. The van der Waals surface area contributed by atoms with Gasteiger partial charge in [-0.2, -0.15) is 0 Å². The Labute approximate surface area is 144 Å². The number of pyridine rings is 1. The number of thiazole rings is 1. The Balaban J connectivity index is 2.15. The highest BCUT2D eigenvalue weighted by molar-refractivity contribution is 9.10. The summed E-state index contributed by atoms with van der Waals surface area (Å²) in [6.07, 6.45) is 1.60. The van der Waals surface area contributed by atoms with E-state index in [1.165, 1.54) is 11.7 Å².